The highest BCUT2D eigenvalue weighted by Crippen LogP contribution is 2.29. The fourth-order valence-electron chi connectivity index (χ4n) is 4.14. The van der Waals surface area contributed by atoms with Crippen molar-refractivity contribution in [2.24, 2.45) is 0 Å². The summed E-state index contributed by atoms with van der Waals surface area (Å²) in [5.74, 6) is 0.823. The quantitative estimate of drug-likeness (QED) is 0.623. The molecular formula is C25H28N2O3. The van der Waals surface area contributed by atoms with E-state index in [1.807, 2.05) is 30.3 Å². The Balaban J connectivity index is 1.38. The molecule has 156 valence electrons. The lowest BCUT2D eigenvalue weighted by atomic mass is 9.99. The molecule has 1 N–H and O–H groups in total. The van der Waals surface area contributed by atoms with Crippen molar-refractivity contribution in [1.82, 2.24) is 0 Å². The van der Waals surface area contributed by atoms with Crippen LogP contribution in [0.25, 0.3) is 10.8 Å². The standard InChI is InChI=1S/C25H28N2O3/c1-29-21-15-16-27(17-21)20-10-8-19(9-11-20)26-25(28)14-12-23-22-6-4-3-5-18(22)7-13-24(23)30-2/h3-11,13,21H,12,14-17H2,1-2H3,(H,26,28). The third-order valence-electron chi connectivity index (χ3n) is 5.81. The van der Waals surface area contributed by atoms with Gasteiger partial charge in [0.05, 0.1) is 13.2 Å². The van der Waals surface area contributed by atoms with Crippen molar-refractivity contribution >= 4 is 28.1 Å². The van der Waals surface area contributed by atoms with E-state index >= 15 is 0 Å². The van der Waals surface area contributed by atoms with Crippen molar-refractivity contribution in [2.45, 2.75) is 25.4 Å². The van der Waals surface area contributed by atoms with Gasteiger partial charge in [0.15, 0.2) is 0 Å². The first-order valence-corrected chi connectivity index (χ1v) is 10.4. The molecule has 0 radical (unpaired) electrons. The van der Waals surface area contributed by atoms with E-state index < -0.39 is 0 Å². The minimum absolute atomic E-state index is 0.00152. The maximum atomic E-state index is 12.6. The van der Waals surface area contributed by atoms with Crippen LogP contribution < -0.4 is 15.0 Å². The Morgan fingerprint density at radius 2 is 1.87 bits per heavy atom. The molecule has 5 heteroatoms. The lowest BCUT2D eigenvalue weighted by molar-refractivity contribution is -0.116. The minimum Gasteiger partial charge on any atom is -0.496 e. The van der Waals surface area contributed by atoms with Gasteiger partial charge in [-0.25, -0.2) is 0 Å². The Labute approximate surface area is 177 Å². The van der Waals surface area contributed by atoms with Crippen LogP contribution in [0.2, 0.25) is 0 Å². The second-order valence-electron chi connectivity index (χ2n) is 7.65. The zero-order valence-corrected chi connectivity index (χ0v) is 17.6. The maximum Gasteiger partial charge on any atom is 0.224 e. The summed E-state index contributed by atoms with van der Waals surface area (Å²) in [6.07, 6.45) is 2.37. The first-order chi connectivity index (χ1) is 14.7. The topological polar surface area (TPSA) is 50.8 Å². The van der Waals surface area contributed by atoms with Gasteiger partial charge < -0.3 is 19.7 Å². The predicted molar refractivity (Wildman–Crippen MR) is 122 cm³/mol. The number of ether oxygens (including phenoxy) is 2. The van der Waals surface area contributed by atoms with E-state index in [0.29, 0.717) is 18.9 Å². The van der Waals surface area contributed by atoms with Gasteiger partial charge in [-0.3, -0.25) is 4.79 Å². The molecule has 1 aliphatic rings. The molecule has 5 nitrogen and oxygen atoms in total. The number of hydrogen-bond donors (Lipinski definition) is 1. The van der Waals surface area contributed by atoms with Crippen molar-refractivity contribution in [3.8, 4) is 5.75 Å². The van der Waals surface area contributed by atoms with Gasteiger partial charge in [0.1, 0.15) is 5.75 Å². The number of fused-ring (bicyclic) bond motifs is 1. The van der Waals surface area contributed by atoms with E-state index in [-0.39, 0.29) is 5.91 Å². The maximum absolute atomic E-state index is 12.6. The smallest absolute Gasteiger partial charge is 0.224 e. The van der Waals surface area contributed by atoms with Crippen LogP contribution >= 0.6 is 0 Å². The predicted octanol–water partition coefficient (Wildman–Crippen LogP) is 4.64. The molecule has 1 atom stereocenters. The number of nitrogens with zero attached hydrogens (tertiary/aromatic N) is 1. The Morgan fingerprint density at radius 3 is 2.60 bits per heavy atom. The number of aryl methyl sites for hydroxylation is 1. The SMILES string of the molecule is COc1ccc2ccccc2c1CCC(=O)Nc1ccc(N2CCC(OC)C2)cc1. The highest BCUT2D eigenvalue weighted by Gasteiger charge is 2.22. The van der Waals surface area contributed by atoms with Gasteiger partial charge in [-0.15, -0.1) is 0 Å². The summed E-state index contributed by atoms with van der Waals surface area (Å²) in [5, 5.41) is 5.30. The number of amides is 1. The average molecular weight is 405 g/mol. The summed E-state index contributed by atoms with van der Waals surface area (Å²) in [4.78, 5) is 14.9. The fourth-order valence-corrected chi connectivity index (χ4v) is 4.14. The number of rotatable bonds is 7. The van der Waals surface area contributed by atoms with Crippen LogP contribution in [-0.4, -0.2) is 39.3 Å². The second-order valence-corrected chi connectivity index (χ2v) is 7.65. The fraction of sp³-hybridized carbons (Fsp3) is 0.320. The number of methoxy groups -OCH3 is 2. The van der Waals surface area contributed by atoms with E-state index in [4.69, 9.17) is 9.47 Å². The molecule has 0 aliphatic carbocycles. The van der Waals surface area contributed by atoms with Crippen LogP contribution in [0.4, 0.5) is 11.4 Å². The van der Waals surface area contributed by atoms with Crippen LogP contribution in [0.3, 0.4) is 0 Å². The van der Waals surface area contributed by atoms with Crippen molar-refractivity contribution in [3.63, 3.8) is 0 Å². The van der Waals surface area contributed by atoms with E-state index in [0.717, 1.165) is 53.0 Å². The number of carbonyl (C=O) groups excluding carboxylic acids is 1. The summed E-state index contributed by atoms with van der Waals surface area (Å²) in [6, 6.07) is 20.3. The van der Waals surface area contributed by atoms with E-state index in [1.54, 1.807) is 14.2 Å². The zero-order chi connectivity index (χ0) is 20.9. The second kappa shape index (κ2) is 9.18. The van der Waals surface area contributed by atoms with Crippen molar-refractivity contribution in [2.75, 3.05) is 37.5 Å². The molecule has 0 saturated carbocycles. The van der Waals surface area contributed by atoms with Crippen molar-refractivity contribution in [3.05, 3.63) is 66.2 Å². The monoisotopic (exact) mass is 404 g/mol. The summed E-state index contributed by atoms with van der Waals surface area (Å²) >= 11 is 0. The highest BCUT2D eigenvalue weighted by atomic mass is 16.5. The number of nitrogens with one attached hydrogen (secondary N) is 1. The van der Waals surface area contributed by atoms with Gasteiger partial charge in [0.2, 0.25) is 5.91 Å². The first kappa shape index (κ1) is 20.2. The summed E-state index contributed by atoms with van der Waals surface area (Å²) in [6.45, 7) is 1.91. The molecule has 3 aromatic rings. The zero-order valence-electron chi connectivity index (χ0n) is 17.6. The van der Waals surface area contributed by atoms with Crippen LogP contribution in [-0.2, 0) is 16.0 Å². The molecule has 1 amide bonds. The average Bonchev–Trinajstić information content (AvgIpc) is 3.27. The summed E-state index contributed by atoms with van der Waals surface area (Å²) < 4.78 is 11.0. The third kappa shape index (κ3) is 4.41. The van der Waals surface area contributed by atoms with E-state index in [1.165, 1.54) is 0 Å². The molecule has 1 unspecified atom stereocenters. The lowest BCUT2D eigenvalue weighted by Gasteiger charge is -2.18. The molecule has 4 rings (SSSR count). The number of anilines is 2. The Kier molecular flexibility index (Phi) is 6.19. The molecule has 0 aromatic heterocycles. The molecule has 30 heavy (non-hydrogen) atoms. The third-order valence-corrected chi connectivity index (χ3v) is 5.81. The molecule has 1 aliphatic heterocycles. The summed E-state index contributed by atoms with van der Waals surface area (Å²) in [5.41, 5.74) is 3.05. The van der Waals surface area contributed by atoms with Gasteiger partial charge in [0.25, 0.3) is 0 Å². The van der Waals surface area contributed by atoms with Crippen LogP contribution in [0.5, 0.6) is 5.75 Å². The van der Waals surface area contributed by atoms with Crippen molar-refractivity contribution in [1.29, 1.82) is 0 Å². The molecule has 0 bridgehead atoms. The molecule has 1 saturated heterocycles. The Bertz CT molecular complexity index is 1020. The molecule has 0 spiro atoms. The minimum atomic E-state index is -0.00152. The van der Waals surface area contributed by atoms with Gasteiger partial charge in [-0.1, -0.05) is 30.3 Å². The molecule has 3 aromatic carbocycles. The van der Waals surface area contributed by atoms with Gasteiger partial charge in [0, 0.05) is 43.6 Å². The van der Waals surface area contributed by atoms with Gasteiger partial charge in [-0.05, 0) is 53.9 Å². The summed E-state index contributed by atoms with van der Waals surface area (Å²) in [7, 11) is 3.44. The van der Waals surface area contributed by atoms with E-state index in [2.05, 4.69) is 40.5 Å². The van der Waals surface area contributed by atoms with Crippen LogP contribution in [0, 0.1) is 0 Å². The van der Waals surface area contributed by atoms with E-state index in [9.17, 15) is 4.79 Å². The Morgan fingerprint density at radius 1 is 1.07 bits per heavy atom. The lowest BCUT2D eigenvalue weighted by Crippen LogP contribution is -2.22. The number of benzene rings is 3. The largest absolute Gasteiger partial charge is 0.496 e. The van der Waals surface area contributed by atoms with Crippen LogP contribution in [0.1, 0.15) is 18.4 Å². The highest BCUT2D eigenvalue weighted by molar-refractivity contribution is 5.92. The van der Waals surface area contributed by atoms with Gasteiger partial charge in [-0.2, -0.15) is 0 Å². The normalized spacial score (nSPS) is 16.1. The molecule has 1 fully saturated rings. The Hall–Kier alpha value is -3.05. The van der Waals surface area contributed by atoms with Crippen LogP contribution in [0.15, 0.2) is 60.7 Å². The molecular weight excluding hydrogens is 376 g/mol. The molecule has 1 heterocycles. The number of carbonyl (C=O) groups is 1. The van der Waals surface area contributed by atoms with Crippen molar-refractivity contribution < 1.29 is 14.3 Å². The van der Waals surface area contributed by atoms with Gasteiger partial charge >= 0.3 is 0 Å². The first-order valence-electron chi connectivity index (χ1n) is 10.4. The number of hydrogen-bond acceptors (Lipinski definition) is 4.